The first kappa shape index (κ1) is 12.9. The number of hydrogen-bond donors (Lipinski definition) is 1. The highest BCUT2D eigenvalue weighted by Gasteiger charge is 2.24. The summed E-state index contributed by atoms with van der Waals surface area (Å²) >= 11 is 5.95. The molecule has 1 aliphatic heterocycles. The van der Waals surface area contributed by atoms with Gasteiger partial charge in [0, 0.05) is 25.7 Å². The van der Waals surface area contributed by atoms with Crippen molar-refractivity contribution in [2.45, 2.75) is 13.1 Å². The summed E-state index contributed by atoms with van der Waals surface area (Å²) in [6.07, 6.45) is 0. The summed E-state index contributed by atoms with van der Waals surface area (Å²) in [6.45, 7) is 1.29. The maximum Gasteiger partial charge on any atom is 0.254 e. The molecule has 102 valence electrons. The normalized spacial score (nSPS) is 13.2. The van der Waals surface area contributed by atoms with Gasteiger partial charge in [-0.3, -0.25) is 4.79 Å². The molecule has 1 aromatic carbocycles. The summed E-state index contributed by atoms with van der Waals surface area (Å²) in [5.74, 6) is 0.569. The molecule has 2 aromatic rings. The van der Waals surface area contributed by atoms with Gasteiger partial charge in [-0.2, -0.15) is 0 Å². The highest BCUT2D eigenvalue weighted by molar-refractivity contribution is 6.29. The molecule has 4 nitrogen and oxygen atoms in total. The Labute approximate surface area is 122 Å². The Morgan fingerprint density at radius 1 is 1.25 bits per heavy atom. The van der Waals surface area contributed by atoms with Crippen LogP contribution >= 0.6 is 11.6 Å². The molecule has 0 saturated heterocycles. The van der Waals surface area contributed by atoms with Crippen molar-refractivity contribution in [3.05, 3.63) is 58.2 Å². The van der Waals surface area contributed by atoms with Gasteiger partial charge in [0.25, 0.3) is 5.91 Å². The lowest BCUT2D eigenvalue weighted by atomic mass is 10.1. The zero-order chi connectivity index (χ0) is 14.1. The number of pyridine rings is 1. The van der Waals surface area contributed by atoms with Crippen LogP contribution in [0.15, 0.2) is 36.4 Å². The Hall–Kier alpha value is -2.07. The summed E-state index contributed by atoms with van der Waals surface area (Å²) in [5, 5.41) is 3.22. The number of halogens is 1. The molecule has 2 heterocycles. The van der Waals surface area contributed by atoms with E-state index in [2.05, 4.69) is 22.4 Å². The van der Waals surface area contributed by atoms with Gasteiger partial charge in [0.15, 0.2) is 0 Å². The van der Waals surface area contributed by atoms with Gasteiger partial charge in [0.2, 0.25) is 0 Å². The first-order valence-electron chi connectivity index (χ1n) is 6.39. The number of fused-ring (bicyclic) bond motifs is 1. The number of rotatable bonds is 2. The van der Waals surface area contributed by atoms with E-state index in [9.17, 15) is 4.79 Å². The molecule has 1 amide bonds. The fourth-order valence-corrected chi connectivity index (χ4v) is 2.62. The third-order valence-electron chi connectivity index (χ3n) is 3.43. The van der Waals surface area contributed by atoms with Gasteiger partial charge >= 0.3 is 0 Å². The van der Waals surface area contributed by atoms with Crippen LogP contribution in [0.1, 0.15) is 21.5 Å². The average Bonchev–Trinajstić information content (AvgIpc) is 2.89. The van der Waals surface area contributed by atoms with Crippen molar-refractivity contribution in [3.63, 3.8) is 0 Å². The molecule has 1 aromatic heterocycles. The average molecular weight is 288 g/mol. The largest absolute Gasteiger partial charge is 0.373 e. The molecule has 0 fully saturated rings. The minimum absolute atomic E-state index is 0.0259. The number of nitrogens with one attached hydrogen (secondary N) is 1. The third-order valence-corrected chi connectivity index (χ3v) is 3.62. The number of aromatic nitrogens is 1. The number of anilines is 1. The number of hydrogen-bond acceptors (Lipinski definition) is 3. The molecule has 0 aliphatic carbocycles. The Morgan fingerprint density at radius 2 is 1.90 bits per heavy atom. The van der Waals surface area contributed by atoms with Gasteiger partial charge in [0.05, 0.1) is 0 Å². The summed E-state index contributed by atoms with van der Waals surface area (Å²) in [7, 11) is 1.75. The number of carbonyl (C=O) groups is 1. The quantitative estimate of drug-likeness (QED) is 0.864. The van der Waals surface area contributed by atoms with Gasteiger partial charge < -0.3 is 10.2 Å². The molecule has 0 saturated carbocycles. The third kappa shape index (κ3) is 2.34. The molecular weight excluding hydrogens is 274 g/mol. The van der Waals surface area contributed by atoms with Gasteiger partial charge in [0.1, 0.15) is 11.0 Å². The van der Waals surface area contributed by atoms with Crippen LogP contribution in [0.2, 0.25) is 5.15 Å². The SMILES string of the molecule is CNc1cc(C(=O)N2Cc3ccccc3C2)cc(Cl)n1. The van der Waals surface area contributed by atoms with E-state index in [1.807, 2.05) is 17.0 Å². The predicted octanol–water partition coefficient (Wildman–Crippen LogP) is 2.93. The molecule has 1 N–H and O–H groups in total. The van der Waals surface area contributed by atoms with Crippen LogP contribution in [0.5, 0.6) is 0 Å². The summed E-state index contributed by atoms with van der Waals surface area (Å²) in [4.78, 5) is 18.4. The maximum atomic E-state index is 12.5. The van der Waals surface area contributed by atoms with Crippen molar-refractivity contribution in [2.75, 3.05) is 12.4 Å². The topological polar surface area (TPSA) is 45.2 Å². The number of amides is 1. The molecule has 3 rings (SSSR count). The number of benzene rings is 1. The van der Waals surface area contributed by atoms with Crippen molar-refractivity contribution in [3.8, 4) is 0 Å². The Balaban J connectivity index is 1.86. The van der Waals surface area contributed by atoms with Crippen LogP contribution in [0.4, 0.5) is 5.82 Å². The molecule has 20 heavy (non-hydrogen) atoms. The second kappa shape index (κ2) is 5.13. The fraction of sp³-hybridized carbons (Fsp3) is 0.200. The second-order valence-electron chi connectivity index (χ2n) is 4.74. The highest BCUT2D eigenvalue weighted by atomic mass is 35.5. The predicted molar refractivity (Wildman–Crippen MR) is 78.8 cm³/mol. The Kier molecular flexibility index (Phi) is 3.32. The molecule has 0 unspecified atom stereocenters. The van der Waals surface area contributed by atoms with E-state index in [1.165, 1.54) is 11.1 Å². The first-order chi connectivity index (χ1) is 9.67. The summed E-state index contributed by atoms with van der Waals surface area (Å²) < 4.78 is 0. The van der Waals surface area contributed by atoms with Gasteiger partial charge in [-0.1, -0.05) is 35.9 Å². The van der Waals surface area contributed by atoms with E-state index in [4.69, 9.17) is 11.6 Å². The molecular formula is C15H14ClN3O. The Bertz CT molecular complexity index is 647. The molecule has 0 atom stereocenters. The lowest BCUT2D eigenvalue weighted by Crippen LogP contribution is -2.25. The molecule has 0 bridgehead atoms. The monoisotopic (exact) mass is 287 g/mol. The molecule has 5 heteroatoms. The summed E-state index contributed by atoms with van der Waals surface area (Å²) in [6, 6.07) is 11.4. The van der Waals surface area contributed by atoms with Crippen LogP contribution < -0.4 is 5.32 Å². The van der Waals surface area contributed by atoms with Gasteiger partial charge in [-0.25, -0.2) is 4.98 Å². The van der Waals surface area contributed by atoms with Gasteiger partial charge in [-0.05, 0) is 23.3 Å². The minimum atomic E-state index is -0.0259. The first-order valence-corrected chi connectivity index (χ1v) is 6.76. The molecule has 1 aliphatic rings. The van der Waals surface area contributed by atoms with Crippen molar-refractivity contribution in [1.82, 2.24) is 9.88 Å². The van der Waals surface area contributed by atoms with Gasteiger partial charge in [-0.15, -0.1) is 0 Å². The lowest BCUT2D eigenvalue weighted by Gasteiger charge is -2.16. The highest BCUT2D eigenvalue weighted by Crippen LogP contribution is 2.25. The van der Waals surface area contributed by atoms with E-state index < -0.39 is 0 Å². The maximum absolute atomic E-state index is 12.5. The lowest BCUT2D eigenvalue weighted by molar-refractivity contribution is 0.0751. The zero-order valence-corrected chi connectivity index (χ0v) is 11.8. The number of nitrogens with zero attached hydrogens (tertiary/aromatic N) is 2. The van der Waals surface area contributed by atoms with Crippen LogP contribution in [-0.4, -0.2) is 22.8 Å². The van der Waals surface area contributed by atoms with E-state index in [0.29, 0.717) is 29.6 Å². The van der Waals surface area contributed by atoms with E-state index >= 15 is 0 Å². The zero-order valence-electron chi connectivity index (χ0n) is 11.1. The second-order valence-corrected chi connectivity index (χ2v) is 5.13. The fourth-order valence-electron chi connectivity index (χ4n) is 2.41. The molecule has 0 spiro atoms. The van der Waals surface area contributed by atoms with Crippen LogP contribution in [0.25, 0.3) is 0 Å². The minimum Gasteiger partial charge on any atom is -0.373 e. The van der Waals surface area contributed by atoms with E-state index in [-0.39, 0.29) is 5.91 Å². The van der Waals surface area contributed by atoms with Crippen LogP contribution in [-0.2, 0) is 13.1 Å². The number of carbonyl (C=O) groups excluding carboxylic acids is 1. The van der Waals surface area contributed by atoms with Crippen molar-refractivity contribution >= 4 is 23.3 Å². The smallest absolute Gasteiger partial charge is 0.254 e. The summed E-state index contributed by atoms with van der Waals surface area (Å²) in [5.41, 5.74) is 2.96. The van der Waals surface area contributed by atoms with Crippen LogP contribution in [0.3, 0.4) is 0 Å². The van der Waals surface area contributed by atoms with Crippen molar-refractivity contribution in [1.29, 1.82) is 0 Å². The standard InChI is InChI=1S/C15H14ClN3O/c1-17-14-7-12(6-13(16)18-14)15(20)19-8-10-4-2-3-5-11(10)9-19/h2-7H,8-9H2,1H3,(H,17,18). The van der Waals surface area contributed by atoms with Crippen molar-refractivity contribution < 1.29 is 4.79 Å². The van der Waals surface area contributed by atoms with E-state index in [0.717, 1.165) is 0 Å². The molecule has 0 radical (unpaired) electrons. The van der Waals surface area contributed by atoms with E-state index in [1.54, 1.807) is 19.2 Å². The van der Waals surface area contributed by atoms with Crippen molar-refractivity contribution in [2.24, 2.45) is 0 Å². The van der Waals surface area contributed by atoms with Crippen LogP contribution in [0, 0.1) is 0 Å². The Morgan fingerprint density at radius 3 is 2.50 bits per heavy atom.